The molecule has 1 atom stereocenters. The number of hydrogen-bond acceptors (Lipinski definition) is 3. The van der Waals surface area contributed by atoms with Gasteiger partial charge in [-0.15, -0.1) is 0 Å². The van der Waals surface area contributed by atoms with Crippen LogP contribution in [0.2, 0.25) is 5.02 Å². The molecule has 4 nitrogen and oxygen atoms in total. The highest BCUT2D eigenvalue weighted by atomic mass is 35.5. The van der Waals surface area contributed by atoms with Crippen molar-refractivity contribution in [1.29, 1.82) is 0 Å². The van der Waals surface area contributed by atoms with Gasteiger partial charge in [-0.2, -0.15) is 0 Å². The zero-order valence-electron chi connectivity index (χ0n) is 14.5. The molecule has 0 aromatic heterocycles. The minimum atomic E-state index is 0.0317. The van der Waals surface area contributed by atoms with Gasteiger partial charge in [0, 0.05) is 19.5 Å². The van der Waals surface area contributed by atoms with E-state index in [-0.39, 0.29) is 11.3 Å². The fraction of sp³-hybridized carbons (Fsp3) is 0.611. The summed E-state index contributed by atoms with van der Waals surface area (Å²) in [5.41, 5.74) is 1.79. The van der Waals surface area contributed by atoms with Crippen molar-refractivity contribution in [3.05, 3.63) is 23.2 Å². The quantitative estimate of drug-likeness (QED) is 0.895. The van der Waals surface area contributed by atoms with Crippen LogP contribution >= 0.6 is 11.6 Å². The molecule has 0 spiro atoms. The standard InChI is InChI=1S/C18H27ClN2O2/c1-13(18(2,3)4)12-16(22)20-15-7-5-6-14(19)17(15)21-8-10-23-11-9-21/h5-7,13H,8-12H2,1-4H3,(H,20,22). The van der Waals surface area contributed by atoms with E-state index in [9.17, 15) is 4.79 Å². The summed E-state index contributed by atoms with van der Waals surface area (Å²) < 4.78 is 5.40. The summed E-state index contributed by atoms with van der Waals surface area (Å²) in [5.74, 6) is 0.331. The third-order valence-corrected chi connectivity index (χ3v) is 4.86. The molecule has 1 fully saturated rings. The number of morpholine rings is 1. The molecule has 1 aliphatic rings. The molecule has 23 heavy (non-hydrogen) atoms. The lowest BCUT2D eigenvalue weighted by atomic mass is 9.80. The van der Waals surface area contributed by atoms with Crippen molar-refractivity contribution < 1.29 is 9.53 Å². The molecule has 1 aromatic carbocycles. The molecular weight excluding hydrogens is 312 g/mol. The number of nitrogens with one attached hydrogen (secondary N) is 1. The number of para-hydroxylation sites is 1. The average Bonchev–Trinajstić information content (AvgIpc) is 2.47. The Morgan fingerprint density at radius 1 is 1.35 bits per heavy atom. The van der Waals surface area contributed by atoms with Crippen LogP contribution in [0.3, 0.4) is 0 Å². The van der Waals surface area contributed by atoms with Gasteiger partial charge in [-0.3, -0.25) is 4.79 Å². The van der Waals surface area contributed by atoms with Gasteiger partial charge < -0.3 is 15.0 Å². The molecule has 1 aliphatic heterocycles. The fourth-order valence-corrected chi connectivity index (χ4v) is 2.80. The first-order valence-electron chi connectivity index (χ1n) is 8.20. The van der Waals surface area contributed by atoms with E-state index in [1.165, 1.54) is 0 Å². The monoisotopic (exact) mass is 338 g/mol. The molecular formula is C18H27ClN2O2. The van der Waals surface area contributed by atoms with E-state index in [1.807, 2.05) is 18.2 Å². The van der Waals surface area contributed by atoms with Crippen molar-refractivity contribution >= 4 is 28.9 Å². The highest BCUT2D eigenvalue weighted by molar-refractivity contribution is 6.34. The van der Waals surface area contributed by atoms with Crippen molar-refractivity contribution in [2.75, 3.05) is 36.5 Å². The number of rotatable bonds is 4. The van der Waals surface area contributed by atoms with Gasteiger partial charge in [-0.1, -0.05) is 45.4 Å². The van der Waals surface area contributed by atoms with Gasteiger partial charge in [0.05, 0.1) is 29.6 Å². The molecule has 0 bridgehead atoms. The second-order valence-corrected chi connectivity index (χ2v) is 7.66. The van der Waals surface area contributed by atoms with E-state index in [1.54, 1.807) is 0 Å². The zero-order chi connectivity index (χ0) is 17.0. The minimum Gasteiger partial charge on any atom is -0.378 e. The van der Waals surface area contributed by atoms with Gasteiger partial charge in [-0.25, -0.2) is 0 Å². The first kappa shape index (κ1) is 18.1. The largest absolute Gasteiger partial charge is 0.378 e. The summed E-state index contributed by atoms with van der Waals surface area (Å²) >= 11 is 6.39. The smallest absolute Gasteiger partial charge is 0.224 e. The van der Waals surface area contributed by atoms with Crippen LogP contribution in [0.25, 0.3) is 0 Å². The second kappa shape index (κ2) is 7.54. The lowest BCUT2D eigenvalue weighted by Gasteiger charge is -2.31. The Morgan fingerprint density at radius 2 is 2.00 bits per heavy atom. The van der Waals surface area contributed by atoms with Crippen LogP contribution in [-0.2, 0) is 9.53 Å². The maximum atomic E-state index is 12.4. The van der Waals surface area contributed by atoms with Gasteiger partial charge in [0.25, 0.3) is 0 Å². The van der Waals surface area contributed by atoms with E-state index >= 15 is 0 Å². The molecule has 5 heteroatoms. The van der Waals surface area contributed by atoms with Crippen LogP contribution in [0.4, 0.5) is 11.4 Å². The number of anilines is 2. The summed E-state index contributed by atoms with van der Waals surface area (Å²) in [5, 5.41) is 3.71. The molecule has 128 valence electrons. The Labute approximate surface area is 144 Å². The molecule has 1 saturated heterocycles. The second-order valence-electron chi connectivity index (χ2n) is 7.25. The maximum Gasteiger partial charge on any atom is 0.224 e. The molecule has 1 aromatic rings. The Morgan fingerprint density at radius 3 is 2.61 bits per heavy atom. The van der Waals surface area contributed by atoms with Crippen molar-refractivity contribution in [2.24, 2.45) is 11.3 Å². The van der Waals surface area contributed by atoms with E-state index in [2.05, 4.69) is 37.9 Å². The van der Waals surface area contributed by atoms with E-state index in [0.29, 0.717) is 30.6 Å². The maximum absolute atomic E-state index is 12.4. The topological polar surface area (TPSA) is 41.6 Å². The van der Waals surface area contributed by atoms with E-state index < -0.39 is 0 Å². The number of hydrogen-bond donors (Lipinski definition) is 1. The summed E-state index contributed by atoms with van der Waals surface area (Å²) in [4.78, 5) is 14.6. The van der Waals surface area contributed by atoms with Crippen LogP contribution in [0, 0.1) is 11.3 Å². The fourth-order valence-electron chi connectivity index (χ4n) is 2.51. The normalized spacial score (nSPS) is 17.0. The summed E-state index contributed by atoms with van der Waals surface area (Å²) in [7, 11) is 0. The first-order valence-corrected chi connectivity index (χ1v) is 8.58. The average molecular weight is 339 g/mol. The van der Waals surface area contributed by atoms with Gasteiger partial charge in [0.15, 0.2) is 0 Å². The predicted octanol–water partition coefficient (Wildman–Crippen LogP) is 4.19. The van der Waals surface area contributed by atoms with Crippen molar-refractivity contribution in [2.45, 2.75) is 34.1 Å². The minimum absolute atomic E-state index is 0.0317. The van der Waals surface area contributed by atoms with Crippen molar-refractivity contribution in [3.63, 3.8) is 0 Å². The summed E-state index contributed by atoms with van der Waals surface area (Å²) in [6.07, 6.45) is 0.499. The number of carbonyl (C=O) groups is 1. The molecule has 1 amide bonds. The Bertz CT molecular complexity index is 548. The number of nitrogens with zero attached hydrogens (tertiary/aromatic N) is 1. The lowest BCUT2D eigenvalue weighted by molar-refractivity contribution is -0.117. The van der Waals surface area contributed by atoms with Gasteiger partial charge >= 0.3 is 0 Å². The van der Waals surface area contributed by atoms with Crippen LogP contribution < -0.4 is 10.2 Å². The molecule has 0 aliphatic carbocycles. The molecule has 2 rings (SSSR count). The van der Waals surface area contributed by atoms with Gasteiger partial charge in [0.2, 0.25) is 5.91 Å². The number of halogens is 1. The SMILES string of the molecule is CC(CC(=O)Nc1cccc(Cl)c1N1CCOCC1)C(C)(C)C. The van der Waals surface area contributed by atoms with Crippen molar-refractivity contribution in [3.8, 4) is 0 Å². The molecule has 1 N–H and O–H groups in total. The molecule has 1 unspecified atom stereocenters. The number of benzene rings is 1. The first-order chi connectivity index (χ1) is 10.8. The number of amides is 1. The third-order valence-electron chi connectivity index (χ3n) is 4.56. The molecule has 0 saturated carbocycles. The van der Waals surface area contributed by atoms with Crippen LogP contribution in [0.1, 0.15) is 34.1 Å². The zero-order valence-corrected chi connectivity index (χ0v) is 15.2. The predicted molar refractivity (Wildman–Crippen MR) is 96.3 cm³/mol. The highest BCUT2D eigenvalue weighted by Crippen LogP contribution is 2.35. The lowest BCUT2D eigenvalue weighted by Crippen LogP contribution is -2.37. The third kappa shape index (κ3) is 4.85. The van der Waals surface area contributed by atoms with E-state index in [4.69, 9.17) is 16.3 Å². The van der Waals surface area contributed by atoms with Crippen molar-refractivity contribution in [1.82, 2.24) is 0 Å². The Balaban J connectivity index is 2.13. The van der Waals surface area contributed by atoms with E-state index in [0.717, 1.165) is 24.5 Å². The van der Waals surface area contributed by atoms with Crippen LogP contribution in [-0.4, -0.2) is 32.2 Å². The molecule has 0 radical (unpaired) electrons. The number of carbonyl (C=O) groups excluding carboxylic acids is 1. The highest BCUT2D eigenvalue weighted by Gasteiger charge is 2.24. The Kier molecular flexibility index (Phi) is 5.93. The number of ether oxygens (including phenoxy) is 1. The Hall–Kier alpha value is -1.26. The van der Waals surface area contributed by atoms with Crippen LogP contribution in [0.15, 0.2) is 18.2 Å². The summed E-state index contributed by atoms with van der Waals surface area (Å²) in [6, 6.07) is 5.64. The van der Waals surface area contributed by atoms with Gasteiger partial charge in [0.1, 0.15) is 0 Å². The van der Waals surface area contributed by atoms with Crippen LogP contribution in [0.5, 0.6) is 0 Å². The van der Waals surface area contributed by atoms with Gasteiger partial charge in [-0.05, 0) is 23.5 Å². The molecule has 1 heterocycles. The summed E-state index contributed by atoms with van der Waals surface area (Å²) in [6.45, 7) is 11.5.